The van der Waals surface area contributed by atoms with Crippen molar-refractivity contribution in [2.24, 2.45) is 46.3 Å². The number of aliphatic hydroxyl groups is 14. The zero-order chi connectivity index (χ0) is 58.9. The predicted molar refractivity (Wildman–Crippen MR) is 269 cm³/mol. The van der Waals surface area contributed by atoms with Gasteiger partial charge < -0.3 is 128 Å². The Morgan fingerprint density at radius 2 is 1.15 bits per heavy atom. The van der Waals surface area contributed by atoms with E-state index in [0.717, 1.165) is 19.3 Å². The standard InChI is InChI=1S/C55H88O27/c1-20-8-11-54(73-17-20)22(3)55(70)33(82-54)14-27-25-7-6-23-12-24(9-10-52(23,4)26(25)13-32(60)53(27,55)5)75-50-45(80-49-41(68)38(65)34(61)21(2)74-49)42(69)43(31(16-57)77-50)78-51-46(81-48-40(67)36(63)29(59)19-72-48)44(37(64)30(15-56)76-51)79-47-39(66)35(62)28(58)18-71-47/h20-31,33-51,56-59,61-70H,6-19H2,1-5H3. The van der Waals surface area contributed by atoms with Crippen molar-refractivity contribution in [1.82, 2.24) is 0 Å². The summed E-state index contributed by atoms with van der Waals surface area (Å²) in [6.07, 6.45) is -35.7. The van der Waals surface area contributed by atoms with Crippen molar-refractivity contribution in [3.63, 3.8) is 0 Å². The Morgan fingerprint density at radius 3 is 1.78 bits per heavy atom. The van der Waals surface area contributed by atoms with Crippen molar-refractivity contribution >= 4 is 5.78 Å². The topological polar surface area (TPSA) is 411 Å². The van der Waals surface area contributed by atoms with Crippen molar-refractivity contribution in [2.45, 2.75) is 257 Å². The summed E-state index contributed by atoms with van der Waals surface area (Å²) in [5.74, 6) is -0.879. The minimum atomic E-state index is -1.97. The van der Waals surface area contributed by atoms with Crippen LogP contribution in [0.3, 0.4) is 0 Å². The van der Waals surface area contributed by atoms with E-state index in [1.54, 1.807) is 0 Å². The second-order valence-electron chi connectivity index (χ2n) is 26.2. The smallest absolute Gasteiger partial charge is 0.187 e. The van der Waals surface area contributed by atoms with Gasteiger partial charge in [-0.15, -0.1) is 0 Å². The molecule has 4 aliphatic carbocycles. The second kappa shape index (κ2) is 23.5. The van der Waals surface area contributed by atoms with Crippen LogP contribution in [0.15, 0.2) is 0 Å². The van der Waals surface area contributed by atoms with Crippen molar-refractivity contribution in [1.29, 1.82) is 0 Å². The number of carbonyl (C=O) groups is 1. The molecule has 0 aromatic rings. The van der Waals surface area contributed by atoms with E-state index in [0.29, 0.717) is 51.0 Å². The van der Waals surface area contributed by atoms with Crippen molar-refractivity contribution in [3.05, 3.63) is 0 Å². The molecular weight excluding hydrogens is 1090 g/mol. The molecule has 11 rings (SSSR count). The minimum Gasteiger partial charge on any atom is -0.394 e. The molecule has 4 saturated carbocycles. The number of hydrogen-bond acceptors (Lipinski definition) is 27. The summed E-state index contributed by atoms with van der Waals surface area (Å²) in [6.45, 7) is 7.34. The maximum Gasteiger partial charge on any atom is 0.187 e. The molecular formula is C55H88O27. The highest BCUT2D eigenvalue weighted by molar-refractivity contribution is 5.88. The highest BCUT2D eigenvalue weighted by Crippen LogP contribution is 2.72. The number of rotatable bonds is 12. The van der Waals surface area contributed by atoms with E-state index in [9.17, 15) is 76.3 Å². The molecule has 7 aliphatic heterocycles. The maximum atomic E-state index is 14.9. The van der Waals surface area contributed by atoms with Crippen molar-refractivity contribution < 1.29 is 133 Å². The second-order valence-corrected chi connectivity index (χ2v) is 26.2. The van der Waals surface area contributed by atoms with Crippen LogP contribution in [0.25, 0.3) is 0 Å². The van der Waals surface area contributed by atoms with Gasteiger partial charge in [0.15, 0.2) is 37.2 Å². The van der Waals surface area contributed by atoms with Crippen LogP contribution in [0, 0.1) is 46.3 Å². The number of hydrogen-bond donors (Lipinski definition) is 14. The lowest BCUT2D eigenvalue weighted by Gasteiger charge is -2.61. The fraction of sp³-hybridized carbons (Fsp3) is 0.982. The number of fused-ring (bicyclic) bond motifs is 7. The van der Waals surface area contributed by atoms with Gasteiger partial charge in [-0.25, -0.2) is 0 Å². The van der Waals surface area contributed by atoms with E-state index >= 15 is 0 Å². The third-order valence-electron chi connectivity index (χ3n) is 21.8. The van der Waals surface area contributed by atoms with Crippen LogP contribution in [-0.4, -0.2) is 275 Å². The Kier molecular flexibility index (Phi) is 17.9. The van der Waals surface area contributed by atoms with E-state index in [4.69, 9.17) is 56.8 Å². The minimum absolute atomic E-state index is 0.00108. The van der Waals surface area contributed by atoms with Crippen LogP contribution in [0.2, 0.25) is 0 Å². The first kappa shape index (κ1) is 62.2. The summed E-state index contributed by atoms with van der Waals surface area (Å²) in [4.78, 5) is 14.9. The van der Waals surface area contributed by atoms with Gasteiger partial charge in [-0.3, -0.25) is 4.79 Å². The summed E-state index contributed by atoms with van der Waals surface area (Å²) < 4.78 is 74.1. The molecule has 470 valence electrons. The molecule has 0 radical (unpaired) electrons. The van der Waals surface area contributed by atoms with E-state index in [1.165, 1.54) is 6.92 Å². The van der Waals surface area contributed by atoms with Crippen LogP contribution in [0.1, 0.15) is 92.4 Å². The molecule has 7 saturated heterocycles. The fourth-order valence-electron chi connectivity index (χ4n) is 16.6. The normalized spacial score (nSPS) is 57.9. The van der Waals surface area contributed by atoms with Gasteiger partial charge in [0, 0.05) is 18.8 Å². The van der Waals surface area contributed by atoms with Gasteiger partial charge in [-0.1, -0.05) is 20.8 Å². The van der Waals surface area contributed by atoms with E-state index in [2.05, 4.69) is 13.8 Å². The number of carbonyl (C=O) groups excluding carboxylic acids is 1. The summed E-state index contributed by atoms with van der Waals surface area (Å²) in [7, 11) is 0. The van der Waals surface area contributed by atoms with Crippen molar-refractivity contribution in [2.75, 3.05) is 33.0 Å². The van der Waals surface area contributed by atoms with Gasteiger partial charge in [-0.05, 0) is 93.8 Å². The molecule has 35 atom stereocenters. The van der Waals surface area contributed by atoms with Gasteiger partial charge >= 0.3 is 0 Å². The molecule has 14 N–H and O–H groups in total. The van der Waals surface area contributed by atoms with Crippen LogP contribution >= 0.6 is 0 Å². The summed E-state index contributed by atoms with van der Waals surface area (Å²) >= 11 is 0. The first-order chi connectivity index (χ1) is 38.8. The lowest BCUT2D eigenvalue weighted by atomic mass is 9.43. The van der Waals surface area contributed by atoms with Crippen LogP contribution in [0.5, 0.6) is 0 Å². The van der Waals surface area contributed by atoms with E-state index in [-0.39, 0.29) is 34.9 Å². The Bertz CT molecular complexity index is 2210. The molecule has 7 heterocycles. The number of ether oxygens (including phenoxy) is 12. The first-order valence-corrected chi connectivity index (χ1v) is 29.6. The predicted octanol–water partition coefficient (Wildman–Crippen LogP) is -4.49. The van der Waals surface area contributed by atoms with Crippen LogP contribution < -0.4 is 0 Å². The Balaban J connectivity index is 0.840. The third kappa shape index (κ3) is 10.2. The van der Waals surface area contributed by atoms with E-state index < -0.39 is 203 Å². The quantitative estimate of drug-likeness (QED) is 0.0819. The van der Waals surface area contributed by atoms with Gasteiger partial charge in [0.25, 0.3) is 0 Å². The lowest BCUT2D eigenvalue weighted by Crippen LogP contribution is -2.68. The molecule has 0 bridgehead atoms. The highest BCUT2D eigenvalue weighted by Gasteiger charge is 2.79. The van der Waals surface area contributed by atoms with Crippen LogP contribution in [0.4, 0.5) is 0 Å². The number of Topliss-reactive ketones (excluding diaryl/α,β-unsaturated/α-hetero) is 1. The zero-order valence-electron chi connectivity index (χ0n) is 46.9. The zero-order valence-corrected chi connectivity index (χ0v) is 46.9. The molecule has 1 spiro atoms. The third-order valence-corrected chi connectivity index (χ3v) is 21.8. The molecule has 27 nitrogen and oxygen atoms in total. The average Bonchev–Trinajstić information content (AvgIpc) is 1.69. The van der Waals surface area contributed by atoms with Gasteiger partial charge in [-0.2, -0.15) is 0 Å². The molecule has 0 aromatic heterocycles. The molecule has 35 unspecified atom stereocenters. The fourth-order valence-corrected chi connectivity index (χ4v) is 16.6. The maximum absolute atomic E-state index is 14.9. The summed E-state index contributed by atoms with van der Waals surface area (Å²) in [6, 6.07) is 0. The first-order valence-electron chi connectivity index (χ1n) is 29.6. The van der Waals surface area contributed by atoms with Gasteiger partial charge in [0.1, 0.15) is 115 Å². The van der Waals surface area contributed by atoms with Gasteiger partial charge in [0.2, 0.25) is 0 Å². The number of ketones is 1. The largest absolute Gasteiger partial charge is 0.394 e. The average molecular weight is 1180 g/mol. The monoisotopic (exact) mass is 1180 g/mol. The Labute approximate surface area is 474 Å². The van der Waals surface area contributed by atoms with E-state index in [1.807, 2.05) is 13.8 Å². The van der Waals surface area contributed by atoms with Crippen LogP contribution in [-0.2, 0) is 61.6 Å². The Morgan fingerprint density at radius 1 is 0.549 bits per heavy atom. The molecule has 0 aromatic carbocycles. The summed E-state index contributed by atoms with van der Waals surface area (Å²) in [5.41, 5.74) is -2.75. The highest BCUT2D eigenvalue weighted by atomic mass is 16.8. The SMILES string of the molecule is CC1CCC2(OC1)OC1CC3C4CCC5CC(OC6OC(CO)C(OC7OC(CO)C(O)C(OC8OCC(O)C(O)C8O)C7OC7OCC(O)C(O)C7O)C(O)C6OC6OC(C)C(O)C(O)C6O)CCC5(C)C4CC(=O)C3(C)C1(O)C2C. The van der Waals surface area contributed by atoms with Crippen molar-refractivity contribution in [3.8, 4) is 0 Å². The lowest BCUT2D eigenvalue weighted by molar-refractivity contribution is -0.408. The van der Waals surface area contributed by atoms with Gasteiger partial charge in [0.05, 0.1) is 56.8 Å². The molecule has 0 amide bonds. The molecule has 11 fully saturated rings. The molecule has 11 aliphatic rings. The molecule has 82 heavy (non-hydrogen) atoms. The Hall–Kier alpha value is -1.37. The number of aliphatic hydroxyl groups excluding tert-OH is 13. The summed E-state index contributed by atoms with van der Waals surface area (Å²) in [5, 5.41) is 155. The molecule has 27 heteroatoms.